The first kappa shape index (κ1) is 22.1. The molecular weight excluding hydrogens is 396 g/mol. The Morgan fingerprint density at radius 1 is 1.00 bits per heavy atom. The first-order valence-electron chi connectivity index (χ1n) is 11.2. The first-order chi connectivity index (χ1) is 15.3. The quantitative estimate of drug-likeness (QED) is 0.596. The molecule has 4 heteroatoms. The van der Waals surface area contributed by atoms with Crippen molar-refractivity contribution in [3.05, 3.63) is 89.5 Å². The molecule has 0 spiro atoms. The zero-order chi connectivity index (χ0) is 22.7. The van der Waals surface area contributed by atoms with Crippen LogP contribution in [0.25, 0.3) is 11.1 Å². The highest BCUT2D eigenvalue weighted by molar-refractivity contribution is 5.84. The molecule has 1 atom stereocenters. The van der Waals surface area contributed by atoms with Crippen LogP contribution in [0.2, 0.25) is 0 Å². The normalized spacial score (nSPS) is 16.6. The maximum Gasteiger partial charge on any atom is 0.242 e. The monoisotopic (exact) mass is 428 g/mol. The van der Waals surface area contributed by atoms with Crippen LogP contribution in [0, 0.1) is 6.92 Å². The fraction of sp³-hybridized carbons (Fsp3) is 0.321. The van der Waals surface area contributed by atoms with Crippen LogP contribution in [0.15, 0.2) is 72.8 Å². The van der Waals surface area contributed by atoms with E-state index in [0.717, 1.165) is 11.3 Å². The second kappa shape index (κ2) is 9.17. The summed E-state index contributed by atoms with van der Waals surface area (Å²) < 4.78 is 6.03. The van der Waals surface area contributed by atoms with E-state index in [2.05, 4.69) is 65.7 Å². The number of fused-ring (bicyclic) bond motifs is 1. The summed E-state index contributed by atoms with van der Waals surface area (Å²) in [5.41, 5.74) is 5.43. The standard InChI is InChI=1S/C28H32N2O2/c1-20-13-15-21(16-14-20)23-10-6-5-9-22(23)19-30-17-18-32-25-12-8-7-11-24(25)26(30)27(31)29-28(2,3)4/h5-16,26H,17-19H2,1-4H3,(H,29,31). The van der Waals surface area contributed by atoms with Gasteiger partial charge < -0.3 is 10.1 Å². The lowest BCUT2D eigenvalue weighted by Crippen LogP contribution is -2.47. The number of carbonyl (C=O) groups is 1. The zero-order valence-electron chi connectivity index (χ0n) is 19.4. The molecule has 4 nitrogen and oxygen atoms in total. The van der Waals surface area contributed by atoms with E-state index in [1.807, 2.05) is 45.0 Å². The van der Waals surface area contributed by atoms with Crippen molar-refractivity contribution >= 4 is 5.91 Å². The van der Waals surface area contributed by atoms with E-state index in [9.17, 15) is 4.79 Å². The molecule has 166 valence electrons. The van der Waals surface area contributed by atoms with Gasteiger partial charge in [0.25, 0.3) is 0 Å². The van der Waals surface area contributed by atoms with Gasteiger partial charge in [-0.3, -0.25) is 9.69 Å². The van der Waals surface area contributed by atoms with Crippen LogP contribution in [0.1, 0.15) is 43.5 Å². The number of ether oxygens (including phenoxy) is 1. The highest BCUT2D eigenvalue weighted by Gasteiger charge is 2.34. The molecular formula is C28H32N2O2. The summed E-state index contributed by atoms with van der Waals surface area (Å²) in [6.07, 6.45) is 0. The minimum Gasteiger partial charge on any atom is -0.492 e. The van der Waals surface area contributed by atoms with E-state index < -0.39 is 6.04 Å². The van der Waals surface area contributed by atoms with Gasteiger partial charge in [0.1, 0.15) is 18.4 Å². The summed E-state index contributed by atoms with van der Waals surface area (Å²) in [5.74, 6) is 0.791. The van der Waals surface area contributed by atoms with Crippen LogP contribution in [0.5, 0.6) is 5.75 Å². The van der Waals surface area contributed by atoms with Gasteiger partial charge in [-0.15, -0.1) is 0 Å². The number of hydrogen-bond donors (Lipinski definition) is 1. The summed E-state index contributed by atoms with van der Waals surface area (Å²) in [6.45, 7) is 10.0. The molecule has 0 bridgehead atoms. The van der Waals surface area contributed by atoms with Crippen molar-refractivity contribution in [3.8, 4) is 16.9 Å². The molecule has 4 rings (SSSR count). The Balaban J connectivity index is 1.72. The molecule has 1 unspecified atom stereocenters. The van der Waals surface area contributed by atoms with E-state index >= 15 is 0 Å². The Hall–Kier alpha value is -3.11. The van der Waals surface area contributed by atoms with Gasteiger partial charge in [-0.2, -0.15) is 0 Å². The topological polar surface area (TPSA) is 41.6 Å². The molecule has 0 saturated heterocycles. The van der Waals surface area contributed by atoms with Crippen LogP contribution >= 0.6 is 0 Å². The third-order valence-corrected chi connectivity index (χ3v) is 5.71. The largest absolute Gasteiger partial charge is 0.492 e. The summed E-state index contributed by atoms with van der Waals surface area (Å²) in [6, 6.07) is 24.5. The van der Waals surface area contributed by atoms with Gasteiger partial charge in [0.15, 0.2) is 0 Å². The molecule has 1 N–H and O–H groups in total. The lowest BCUT2D eigenvalue weighted by molar-refractivity contribution is -0.128. The smallest absolute Gasteiger partial charge is 0.242 e. The van der Waals surface area contributed by atoms with Crippen molar-refractivity contribution in [2.75, 3.05) is 13.2 Å². The molecule has 0 radical (unpaired) electrons. The van der Waals surface area contributed by atoms with Crippen LogP contribution in [0.3, 0.4) is 0 Å². The van der Waals surface area contributed by atoms with Crippen molar-refractivity contribution in [1.82, 2.24) is 10.2 Å². The van der Waals surface area contributed by atoms with E-state index in [1.54, 1.807) is 0 Å². The maximum absolute atomic E-state index is 13.5. The predicted molar refractivity (Wildman–Crippen MR) is 130 cm³/mol. The molecule has 32 heavy (non-hydrogen) atoms. The number of carbonyl (C=O) groups excluding carboxylic acids is 1. The molecule has 1 amide bonds. The van der Waals surface area contributed by atoms with Gasteiger partial charge in [0.2, 0.25) is 5.91 Å². The van der Waals surface area contributed by atoms with Crippen molar-refractivity contribution in [2.24, 2.45) is 0 Å². The Bertz CT molecular complexity index is 1080. The highest BCUT2D eigenvalue weighted by atomic mass is 16.5. The Labute approximate surface area is 191 Å². The zero-order valence-corrected chi connectivity index (χ0v) is 19.4. The lowest BCUT2D eigenvalue weighted by Gasteiger charge is -2.32. The third-order valence-electron chi connectivity index (χ3n) is 5.71. The van der Waals surface area contributed by atoms with E-state index in [-0.39, 0.29) is 11.4 Å². The highest BCUT2D eigenvalue weighted by Crippen LogP contribution is 2.35. The van der Waals surface area contributed by atoms with Crippen LogP contribution in [0.4, 0.5) is 0 Å². The van der Waals surface area contributed by atoms with Crippen molar-refractivity contribution in [1.29, 1.82) is 0 Å². The average Bonchev–Trinajstić information content (AvgIpc) is 2.93. The van der Waals surface area contributed by atoms with Gasteiger partial charge in [-0.1, -0.05) is 72.3 Å². The van der Waals surface area contributed by atoms with E-state index in [0.29, 0.717) is 19.7 Å². The van der Waals surface area contributed by atoms with Crippen LogP contribution < -0.4 is 10.1 Å². The molecule has 0 aromatic heterocycles. The minimum absolute atomic E-state index is 0.00303. The van der Waals surface area contributed by atoms with Crippen molar-refractivity contribution < 1.29 is 9.53 Å². The number of hydrogen-bond acceptors (Lipinski definition) is 3. The molecule has 0 saturated carbocycles. The second-order valence-corrected chi connectivity index (χ2v) is 9.52. The number of para-hydroxylation sites is 1. The van der Waals surface area contributed by atoms with Crippen molar-refractivity contribution in [3.63, 3.8) is 0 Å². The number of amides is 1. The molecule has 0 fully saturated rings. The summed E-state index contributed by atoms with van der Waals surface area (Å²) in [5, 5.41) is 3.19. The van der Waals surface area contributed by atoms with Crippen molar-refractivity contribution in [2.45, 2.75) is 45.8 Å². The molecule has 1 aliphatic rings. The summed E-state index contributed by atoms with van der Waals surface area (Å²) in [4.78, 5) is 15.7. The number of aryl methyl sites for hydroxylation is 1. The molecule has 0 aliphatic carbocycles. The van der Waals surface area contributed by atoms with Gasteiger partial charge >= 0.3 is 0 Å². The van der Waals surface area contributed by atoms with Crippen LogP contribution in [-0.2, 0) is 11.3 Å². The number of benzene rings is 3. The fourth-order valence-corrected chi connectivity index (χ4v) is 4.24. The van der Waals surface area contributed by atoms with Gasteiger partial charge in [-0.25, -0.2) is 0 Å². The Morgan fingerprint density at radius 3 is 2.44 bits per heavy atom. The van der Waals surface area contributed by atoms with Gasteiger partial charge in [0.05, 0.1) is 0 Å². The average molecular weight is 429 g/mol. The predicted octanol–water partition coefficient (Wildman–Crippen LogP) is 5.51. The Morgan fingerprint density at radius 2 is 1.69 bits per heavy atom. The second-order valence-electron chi connectivity index (χ2n) is 9.52. The third kappa shape index (κ3) is 5.03. The van der Waals surface area contributed by atoms with Gasteiger partial charge in [0, 0.05) is 24.2 Å². The lowest BCUT2D eigenvalue weighted by atomic mass is 9.96. The van der Waals surface area contributed by atoms with Crippen LogP contribution in [-0.4, -0.2) is 29.5 Å². The summed E-state index contributed by atoms with van der Waals surface area (Å²) in [7, 11) is 0. The van der Waals surface area contributed by atoms with E-state index in [4.69, 9.17) is 4.74 Å². The molecule has 1 aliphatic heterocycles. The minimum atomic E-state index is -0.418. The summed E-state index contributed by atoms with van der Waals surface area (Å²) >= 11 is 0. The first-order valence-corrected chi connectivity index (χ1v) is 11.2. The van der Waals surface area contributed by atoms with Gasteiger partial charge in [-0.05, 0) is 50.5 Å². The Kier molecular flexibility index (Phi) is 6.33. The SMILES string of the molecule is Cc1ccc(-c2ccccc2CN2CCOc3ccccc3C2C(=O)NC(C)(C)C)cc1. The fourth-order valence-electron chi connectivity index (χ4n) is 4.24. The number of nitrogens with one attached hydrogen (secondary N) is 1. The maximum atomic E-state index is 13.5. The molecule has 3 aromatic carbocycles. The molecule has 3 aromatic rings. The van der Waals surface area contributed by atoms with E-state index in [1.165, 1.54) is 22.3 Å². The molecule has 1 heterocycles. The number of nitrogens with zero attached hydrogens (tertiary/aromatic N) is 1. The number of rotatable bonds is 4.